The van der Waals surface area contributed by atoms with Crippen molar-refractivity contribution < 1.29 is 19.1 Å². The molecule has 0 bridgehead atoms. The van der Waals surface area contributed by atoms with Crippen LogP contribution >= 0.6 is 0 Å². The van der Waals surface area contributed by atoms with Crippen LogP contribution in [0.4, 0.5) is 0 Å². The number of hydrogen-bond donors (Lipinski definition) is 0. The molecule has 1 atom stereocenters. The lowest BCUT2D eigenvalue weighted by Gasteiger charge is -2.27. The number of amides is 1. The molecule has 0 N–H and O–H groups in total. The van der Waals surface area contributed by atoms with E-state index in [1.807, 2.05) is 65.6 Å². The molecule has 3 heterocycles. The zero-order valence-corrected chi connectivity index (χ0v) is 18.2. The lowest BCUT2D eigenvalue weighted by molar-refractivity contribution is -0.134. The molecule has 1 aliphatic carbocycles. The van der Waals surface area contributed by atoms with Crippen LogP contribution in [0.2, 0.25) is 0 Å². The van der Waals surface area contributed by atoms with E-state index in [0.717, 1.165) is 35.4 Å². The van der Waals surface area contributed by atoms with Gasteiger partial charge in [-0.05, 0) is 48.7 Å². The molecule has 166 valence electrons. The summed E-state index contributed by atoms with van der Waals surface area (Å²) >= 11 is 0. The van der Waals surface area contributed by atoms with E-state index >= 15 is 0 Å². The van der Waals surface area contributed by atoms with Crippen molar-refractivity contribution in [1.82, 2.24) is 9.88 Å². The molecule has 1 saturated heterocycles. The molecule has 2 fully saturated rings. The number of carbonyl (C=O) groups is 2. The first-order valence-electron chi connectivity index (χ1n) is 11.4. The van der Waals surface area contributed by atoms with Gasteiger partial charge in [0, 0.05) is 24.7 Å². The number of aromatic nitrogens is 1. The summed E-state index contributed by atoms with van der Waals surface area (Å²) in [4.78, 5) is 32.1. The Morgan fingerprint density at radius 1 is 1.00 bits per heavy atom. The van der Waals surface area contributed by atoms with Crippen molar-refractivity contribution >= 4 is 11.9 Å². The largest absolute Gasteiger partial charge is 0.487 e. The molecule has 2 aromatic carbocycles. The van der Waals surface area contributed by atoms with Crippen LogP contribution in [-0.2, 0) is 27.2 Å². The normalized spacial score (nSPS) is 22.2. The first kappa shape index (κ1) is 20.0. The minimum absolute atomic E-state index is 0.127. The number of nitrogens with zero attached hydrogens (tertiary/aromatic N) is 2. The van der Waals surface area contributed by atoms with Crippen molar-refractivity contribution in [3.05, 3.63) is 95.3 Å². The van der Waals surface area contributed by atoms with Gasteiger partial charge in [-0.15, -0.1) is 0 Å². The Bertz CT molecular complexity index is 1220. The maximum absolute atomic E-state index is 13.6. The lowest BCUT2D eigenvalue weighted by atomic mass is 9.91. The number of fused-ring (bicyclic) bond motifs is 2. The van der Waals surface area contributed by atoms with Crippen LogP contribution < -0.4 is 4.74 Å². The van der Waals surface area contributed by atoms with E-state index in [1.165, 1.54) is 0 Å². The fourth-order valence-electron chi connectivity index (χ4n) is 5.17. The van der Waals surface area contributed by atoms with Crippen molar-refractivity contribution in [2.45, 2.75) is 36.9 Å². The number of pyridine rings is 1. The fraction of sp³-hybridized carbons (Fsp3) is 0.296. The molecule has 6 heteroatoms. The number of rotatable bonds is 5. The Morgan fingerprint density at radius 2 is 1.79 bits per heavy atom. The predicted octanol–water partition coefficient (Wildman–Crippen LogP) is 3.99. The third kappa shape index (κ3) is 3.28. The van der Waals surface area contributed by atoms with Crippen molar-refractivity contribution in [3.8, 4) is 5.75 Å². The third-order valence-corrected chi connectivity index (χ3v) is 7.12. The van der Waals surface area contributed by atoms with E-state index < -0.39 is 11.0 Å². The lowest BCUT2D eigenvalue weighted by Crippen LogP contribution is -2.40. The molecule has 6 rings (SSSR count). The van der Waals surface area contributed by atoms with Gasteiger partial charge in [-0.3, -0.25) is 9.78 Å². The number of benzene rings is 2. The summed E-state index contributed by atoms with van der Waals surface area (Å²) in [6, 6.07) is 21.1. The van der Waals surface area contributed by atoms with Gasteiger partial charge in [0.1, 0.15) is 12.4 Å². The zero-order chi connectivity index (χ0) is 22.5. The van der Waals surface area contributed by atoms with Crippen molar-refractivity contribution in [2.24, 2.45) is 0 Å². The maximum atomic E-state index is 13.6. The number of esters is 1. The molecular formula is C27H24N2O4. The quantitative estimate of drug-likeness (QED) is 0.561. The zero-order valence-electron chi connectivity index (χ0n) is 18.2. The topological polar surface area (TPSA) is 68.7 Å². The van der Waals surface area contributed by atoms with Crippen LogP contribution in [-0.4, -0.2) is 34.8 Å². The van der Waals surface area contributed by atoms with Crippen molar-refractivity contribution in [3.63, 3.8) is 0 Å². The van der Waals surface area contributed by atoms with Crippen LogP contribution in [0.25, 0.3) is 0 Å². The van der Waals surface area contributed by atoms with E-state index in [9.17, 15) is 9.59 Å². The van der Waals surface area contributed by atoms with E-state index in [2.05, 4.69) is 4.98 Å². The van der Waals surface area contributed by atoms with Gasteiger partial charge in [0.2, 0.25) is 5.91 Å². The second-order valence-electron chi connectivity index (χ2n) is 9.12. The van der Waals surface area contributed by atoms with E-state index in [0.29, 0.717) is 31.7 Å². The minimum atomic E-state index is -0.706. The van der Waals surface area contributed by atoms with Crippen molar-refractivity contribution in [2.75, 3.05) is 13.1 Å². The smallest absolute Gasteiger partial charge is 0.339 e. The first-order valence-corrected chi connectivity index (χ1v) is 11.4. The maximum Gasteiger partial charge on any atom is 0.339 e. The van der Waals surface area contributed by atoms with E-state index in [-0.39, 0.29) is 11.9 Å². The Morgan fingerprint density at radius 3 is 2.55 bits per heavy atom. The standard InChI is InChI=1S/C27H24N2O4/c30-24-22-6-1-2-7-23(22)27(33-24)14-16-29(18-27)25(31)26(12-13-26)19-8-10-21(11-9-19)32-17-20-5-3-4-15-28-20/h1-11,15H,12-14,16-18H2/t27-/m0/s1. The number of ether oxygens (including phenoxy) is 2. The van der Waals surface area contributed by atoms with Crippen LogP contribution in [0, 0.1) is 0 Å². The highest BCUT2D eigenvalue weighted by molar-refractivity contribution is 5.96. The van der Waals surface area contributed by atoms with Gasteiger partial charge in [-0.1, -0.05) is 36.4 Å². The Hall–Kier alpha value is -3.67. The van der Waals surface area contributed by atoms with Gasteiger partial charge in [-0.25, -0.2) is 4.79 Å². The van der Waals surface area contributed by atoms with E-state index in [4.69, 9.17) is 9.47 Å². The molecule has 3 aromatic rings. The highest BCUT2D eigenvalue weighted by atomic mass is 16.6. The van der Waals surface area contributed by atoms with Crippen LogP contribution in [0.1, 0.15) is 46.4 Å². The van der Waals surface area contributed by atoms with Crippen molar-refractivity contribution in [1.29, 1.82) is 0 Å². The Labute approximate surface area is 192 Å². The van der Waals surface area contributed by atoms with Crippen LogP contribution in [0.3, 0.4) is 0 Å². The molecule has 0 unspecified atom stereocenters. The summed E-state index contributed by atoms with van der Waals surface area (Å²) in [6.45, 7) is 1.41. The molecule has 1 amide bonds. The SMILES string of the molecule is O=C1O[C@]2(CCN(C(=O)C3(c4ccc(OCc5ccccn5)cc4)CC3)C2)c2ccccc21. The summed E-state index contributed by atoms with van der Waals surface area (Å²) in [6.07, 6.45) is 4.05. The van der Waals surface area contributed by atoms with Crippen LogP contribution in [0.15, 0.2) is 72.9 Å². The monoisotopic (exact) mass is 440 g/mol. The molecule has 1 saturated carbocycles. The summed E-state index contributed by atoms with van der Waals surface area (Å²) in [5.41, 5.74) is 2.23. The number of likely N-dealkylation sites (tertiary alicyclic amines) is 1. The molecule has 1 spiro atoms. The van der Waals surface area contributed by atoms with Gasteiger partial charge in [-0.2, -0.15) is 0 Å². The molecule has 33 heavy (non-hydrogen) atoms. The number of hydrogen-bond acceptors (Lipinski definition) is 5. The minimum Gasteiger partial charge on any atom is -0.487 e. The molecule has 1 aromatic heterocycles. The van der Waals surface area contributed by atoms with Crippen LogP contribution in [0.5, 0.6) is 5.75 Å². The highest BCUT2D eigenvalue weighted by Gasteiger charge is 2.57. The summed E-state index contributed by atoms with van der Waals surface area (Å²) in [7, 11) is 0. The number of carbonyl (C=O) groups excluding carboxylic acids is 2. The van der Waals surface area contributed by atoms with E-state index in [1.54, 1.807) is 12.3 Å². The second-order valence-corrected chi connectivity index (χ2v) is 9.12. The third-order valence-electron chi connectivity index (χ3n) is 7.12. The van der Waals surface area contributed by atoms with Gasteiger partial charge in [0.15, 0.2) is 5.60 Å². The Balaban J connectivity index is 1.16. The molecule has 3 aliphatic rings. The summed E-state index contributed by atoms with van der Waals surface area (Å²) in [5, 5.41) is 0. The average Bonchev–Trinajstić information content (AvgIpc) is 3.49. The predicted molar refractivity (Wildman–Crippen MR) is 121 cm³/mol. The van der Waals surface area contributed by atoms with Gasteiger partial charge < -0.3 is 14.4 Å². The highest BCUT2D eigenvalue weighted by Crippen LogP contribution is 2.52. The fourth-order valence-corrected chi connectivity index (χ4v) is 5.17. The molecule has 2 aliphatic heterocycles. The molecule has 0 radical (unpaired) electrons. The average molecular weight is 440 g/mol. The van der Waals surface area contributed by atoms with Gasteiger partial charge >= 0.3 is 5.97 Å². The second kappa shape index (κ2) is 7.44. The summed E-state index contributed by atoms with van der Waals surface area (Å²) in [5.74, 6) is 0.589. The van der Waals surface area contributed by atoms with Gasteiger partial charge in [0.05, 0.1) is 23.2 Å². The Kier molecular flexibility index (Phi) is 4.50. The molecular weight excluding hydrogens is 416 g/mol. The summed E-state index contributed by atoms with van der Waals surface area (Å²) < 4.78 is 11.7. The molecule has 6 nitrogen and oxygen atoms in total. The first-order chi connectivity index (χ1) is 16.1. The van der Waals surface area contributed by atoms with Gasteiger partial charge in [0.25, 0.3) is 0 Å².